The Morgan fingerprint density at radius 2 is 2.21 bits per heavy atom. The van der Waals surface area contributed by atoms with Crippen molar-refractivity contribution in [2.75, 3.05) is 6.54 Å². The van der Waals surface area contributed by atoms with Gasteiger partial charge in [-0.1, -0.05) is 6.92 Å². The van der Waals surface area contributed by atoms with Crippen LogP contribution in [0.1, 0.15) is 32.6 Å². The highest BCUT2D eigenvalue weighted by Gasteiger charge is 2.40. The van der Waals surface area contributed by atoms with Gasteiger partial charge in [-0.2, -0.15) is 5.26 Å². The zero-order chi connectivity index (χ0) is 13.7. The summed E-state index contributed by atoms with van der Waals surface area (Å²) in [6.07, 6.45) is 3.36. The van der Waals surface area contributed by atoms with Crippen molar-refractivity contribution >= 4 is 0 Å². The molecule has 1 aliphatic carbocycles. The van der Waals surface area contributed by atoms with Gasteiger partial charge < -0.3 is 4.74 Å². The van der Waals surface area contributed by atoms with Crippen molar-refractivity contribution in [1.82, 2.24) is 5.32 Å². The van der Waals surface area contributed by atoms with E-state index < -0.39 is 5.54 Å². The van der Waals surface area contributed by atoms with Crippen molar-refractivity contribution in [3.8, 4) is 11.8 Å². The van der Waals surface area contributed by atoms with Crippen LogP contribution in [0.4, 0.5) is 4.39 Å². The number of ether oxygens (including phenoxy) is 1. The molecule has 4 heteroatoms. The minimum Gasteiger partial charge on any atom is -0.490 e. The second-order valence-corrected chi connectivity index (χ2v) is 5.06. The zero-order valence-corrected chi connectivity index (χ0v) is 11.2. The molecule has 0 bridgehead atoms. The Morgan fingerprint density at radius 3 is 2.84 bits per heavy atom. The van der Waals surface area contributed by atoms with Crippen LogP contribution in [0, 0.1) is 17.1 Å². The topological polar surface area (TPSA) is 45.0 Å². The lowest BCUT2D eigenvalue weighted by Crippen LogP contribution is -2.42. The van der Waals surface area contributed by atoms with Gasteiger partial charge in [0, 0.05) is 6.42 Å². The molecule has 0 aliphatic heterocycles. The van der Waals surface area contributed by atoms with Gasteiger partial charge in [-0.3, -0.25) is 5.32 Å². The van der Waals surface area contributed by atoms with Gasteiger partial charge in [0.2, 0.25) is 0 Å². The largest absolute Gasteiger partial charge is 0.490 e. The van der Waals surface area contributed by atoms with Gasteiger partial charge >= 0.3 is 0 Å². The summed E-state index contributed by atoms with van der Waals surface area (Å²) in [5.74, 6) is 0.394. The van der Waals surface area contributed by atoms with Gasteiger partial charge in [-0.15, -0.1) is 0 Å². The van der Waals surface area contributed by atoms with E-state index >= 15 is 0 Å². The lowest BCUT2D eigenvalue weighted by Gasteiger charge is -2.22. The fraction of sp³-hybridized carbons (Fsp3) is 0.533. The quantitative estimate of drug-likeness (QED) is 0.887. The van der Waals surface area contributed by atoms with E-state index in [1.807, 2.05) is 0 Å². The van der Waals surface area contributed by atoms with Crippen molar-refractivity contribution < 1.29 is 9.13 Å². The summed E-state index contributed by atoms with van der Waals surface area (Å²) in [5.41, 5.74) is -0.458. The van der Waals surface area contributed by atoms with Gasteiger partial charge in [0.1, 0.15) is 23.2 Å². The maximum atomic E-state index is 12.8. The smallest absolute Gasteiger partial charge is 0.123 e. The minimum atomic E-state index is -0.458. The molecule has 2 atom stereocenters. The van der Waals surface area contributed by atoms with Crippen LogP contribution in [0.5, 0.6) is 5.75 Å². The summed E-state index contributed by atoms with van der Waals surface area (Å²) in [5, 5.41) is 12.7. The number of nitrogens with one attached hydrogen (secondary N) is 1. The highest BCUT2D eigenvalue weighted by atomic mass is 19.1. The van der Waals surface area contributed by atoms with Crippen LogP contribution < -0.4 is 10.1 Å². The predicted molar refractivity (Wildman–Crippen MR) is 71.3 cm³/mol. The van der Waals surface area contributed by atoms with E-state index in [2.05, 4.69) is 18.3 Å². The van der Waals surface area contributed by atoms with Gasteiger partial charge in [-0.05, 0) is 50.1 Å². The number of benzene rings is 1. The van der Waals surface area contributed by atoms with Crippen LogP contribution in [-0.4, -0.2) is 18.2 Å². The lowest BCUT2D eigenvalue weighted by atomic mass is 9.99. The van der Waals surface area contributed by atoms with Crippen molar-refractivity contribution in [3.63, 3.8) is 0 Å². The zero-order valence-electron chi connectivity index (χ0n) is 11.2. The Labute approximate surface area is 113 Å². The molecule has 2 rings (SSSR count). The molecule has 1 aromatic rings. The average Bonchev–Trinajstić information content (AvgIpc) is 2.83. The molecule has 0 amide bonds. The molecule has 1 fully saturated rings. The molecule has 0 radical (unpaired) electrons. The third-order valence-electron chi connectivity index (χ3n) is 3.51. The number of hydrogen-bond donors (Lipinski definition) is 1. The van der Waals surface area contributed by atoms with Crippen LogP contribution >= 0.6 is 0 Å². The third kappa shape index (κ3) is 3.45. The number of rotatable bonds is 5. The fourth-order valence-corrected chi connectivity index (χ4v) is 2.47. The van der Waals surface area contributed by atoms with E-state index in [-0.39, 0.29) is 11.9 Å². The first kappa shape index (κ1) is 13.8. The molecule has 1 saturated carbocycles. The Morgan fingerprint density at radius 1 is 1.47 bits per heavy atom. The maximum absolute atomic E-state index is 12.8. The molecular formula is C15H19FN2O. The SMILES string of the molecule is CCCNC1(C#N)CCC(Oc2ccc(F)cc2)C1. The van der Waals surface area contributed by atoms with Gasteiger partial charge in [-0.25, -0.2) is 4.39 Å². The van der Waals surface area contributed by atoms with Crippen molar-refractivity contribution in [2.24, 2.45) is 0 Å². The number of hydrogen-bond acceptors (Lipinski definition) is 3. The summed E-state index contributed by atoms with van der Waals surface area (Å²) in [6, 6.07) is 8.41. The Balaban J connectivity index is 1.94. The molecule has 1 N–H and O–H groups in total. The fourth-order valence-electron chi connectivity index (χ4n) is 2.47. The predicted octanol–water partition coefficient (Wildman–Crippen LogP) is 3.02. The van der Waals surface area contributed by atoms with Gasteiger partial charge in [0.15, 0.2) is 0 Å². The second-order valence-electron chi connectivity index (χ2n) is 5.06. The van der Waals surface area contributed by atoms with E-state index in [0.717, 1.165) is 25.8 Å². The van der Waals surface area contributed by atoms with Crippen molar-refractivity contribution in [2.45, 2.75) is 44.2 Å². The van der Waals surface area contributed by atoms with Gasteiger partial charge in [0.05, 0.1) is 6.07 Å². The summed E-state index contributed by atoms with van der Waals surface area (Å²) >= 11 is 0. The molecule has 19 heavy (non-hydrogen) atoms. The van der Waals surface area contributed by atoms with E-state index in [0.29, 0.717) is 12.2 Å². The Hall–Kier alpha value is -1.60. The first-order chi connectivity index (χ1) is 9.17. The Bertz CT molecular complexity index is 454. The van der Waals surface area contributed by atoms with Gasteiger partial charge in [0.25, 0.3) is 0 Å². The average molecular weight is 262 g/mol. The van der Waals surface area contributed by atoms with E-state index in [1.165, 1.54) is 12.1 Å². The Kier molecular flexibility index (Phi) is 4.39. The molecule has 102 valence electrons. The monoisotopic (exact) mass is 262 g/mol. The van der Waals surface area contributed by atoms with Crippen molar-refractivity contribution in [1.29, 1.82) is 5.26 Å². The number of nitriles is 1. The molecule has 3 nitrogen and oxygen atoms in total. The number of halogens is 1. The second kappa shape index (κ2) is 6.03. The number of nitrogens with zero attached hydrogens (tertiary/aromatic N) is 1. The summed E-state index contributed by atoms with van der Waals surface area (Å²) in [7, 11) is 0. The van der Waals surface area contributed by atoms with Crippen LogP contribution in [0.25, 0.3) is 0 Å². The molecule has 1 aliphatic rings. The summed E-state index contributed by atoms with van der Waals surface area (Å²) < 4.78 is 18.6. The third-order valence-corrected chi connectivity index (χ3v) is 3.51. The molecule has 1 aromatic carbocycles. The molecule has 0 spiro atoms. The maximum Gasteiger partial charge on any atom is 0.123 e. The highest BCUT2D eigenvalue weighted by molar-refractivity contribution is 5.23. The molecule has 0 saturated heterocycles. The highest BCUT2D eigenvalue weighted by Crippen LogP contribution is 2.32. The molecule has 2 unspecified atom stereocenters. The molecule has 0 aromatic heterocycles. The summed E-state index contributed by atoms with van der Waals surface area (Å²) in [6.45, 7) is 2.93. The molecule has 0 heterocycles. The van der Waals surface area contributed by atoms with Crippen LogP contribution in [0.2, 0.25) is 0 Å². The van der Waals surface area contributed by atoms with Crippen molar-refractivity contribution in [3.05, 3.63) is 30.1 Å². The van der Waals surface area contributed by atoms with Crippen LogP contribution in [-0.2, 0) is 0 Å². The first-order valence-corrected chi connectivity index (χ1v) is 6.76. The van der Waals surface area contributed by atoms with Crippen LogP contribution in [0.15, 0.2) is 24.3 Å². The van der Waals surface area contributed by atoms with Crippen LogP contribution in [0.3, 0.4) is 0 Å². The molecular weight excluding hydrogens is 243 g/mol. The van der Waals surface area contributed by atoms with E-state index in [9.17, 15) is 9.65 Å². The lowest BCUT2D eigenvalue weighted by molar-refractivity contribution is 0.200. The minimum absolute atomic E-state index is 0.0227. The van der Waals surface area contributed by atoms with E-state index in [4.69, 9.17) is 4.74 Å². The standard InChI is InChI=1S/C15H19FN2O/c1-2-9-18-15(11-17)8-7-14(10-15)19-13-5-3-12(16)4-6-13/h3-6,14,18H,2,7-10H2,1H3. The van der Waals surface area contributed by atoms with E-state index in [1.54, 1.807) is 12.1 Å². The first-order valence-electron chi connectivity index (χ1n) is 6.76. The normalized spacial score (nSPS) is 26.1. The summed E-state index contributed by atoms with van der Waals surface area (Å²) in [4.78, 5) is 0.